The molecule has 1 fully saturated rings. The standard InChI is InChI=1S/C9H16ClFN2O/c1-8(14)13-4-2-12(3-5-13)7-9(10)6-11/h9H,2-7H2,1H3. The lowest BCUT2D eigenvalue weighted by molar-refractivity contribution is -0.130. The van der Waals surface area contributed by atoms with E-state index in [1.807, 2.05) is 0 Å². The molecule has 3 nitrogen and oxygen atoms in total. The van der Waals surface area contributed by atoms with Crippen LogP contribution in [0.5, 0.6) is 0 Å². The third-order valence-electron chi connectivity index (χ3n) is 2.44. The molecule has 1 amide bonds. The summed E-state index contributed by atoms with van der Waals surface area (Å²) in [6, 6.07) is 0. The first-order valence-electron chi connectivity index (χ1n) is 4.81. The fourth-order valence-corrected chi connectivity index (χ4v) is 1.77. The number of alkyl halides is 2. The number of hydrogen-bond acceptors (Lipinski definition) is 2. The maximum Gasteiger partial charge on any atom is 0.219 e. The van der Waals surface area contributed by atoms with Crippen molar-refractivity contribution in [1.82, 2.24) is 9.80 Å². The molecule has 5 heteroatoms. The van der Waals surface area contributed by atoms with Gasteiger partial charge in [0.1, 0.15) is 6.67 Å². The Morgan fingerprint density at radius 3 is 2.43 bits per heavy atom. The number of carbonyl (C=O) groups excluding carboxylic acids is 1. The van der Waals surface area contributed by atoms with E-state index in [9.17, 15) is 9.18 Å². The average molecular weight is 223 g/mol. The van der Waals surface area contributed by atoms with Crippen molar-refractivity contribution >= 4 is 17.5 Å². The summed E-state index contributed by atoms with van der Waals surface area (Å²) in [4.78, 5) is 14.9. The van der Waals surface area contributed by atoms with E-state index in [2.05, 4.69) is 4.90 Å². The van der Waals surface area contributed by atoms with E-state index < -0.39 is 12.1 Å². The smallest absolute Gasteiger partial charge is 0.219 e. The number of amides is 1. The third-order valence-corrected chi connectivity index (χ3v) is 2.70. The average Bonchev–Trinajstić information content (AvgIpc) is 2.18. The van der Waals surface area contributed by atoms with Crippen molar-refractivity contribution in [1.29, 1.82) is 0 Å². The fraction of sp³-hybridized carbons (Fsp3) is 0.889. The molecule has 1 atom stereocenters. The minimum absolute atomic E-state index is 0.109. The van der Waals surface area contributed by atoms with Gasteiger partial charge in [0, 0.05) is 39.6 Å². The summed E-state index contributed by atoms with van der Waals surface area (Å²) < 4.78 is 12.1. The van der Waals surface area contributed by atoms with E-state index in [0.29, 0.717) is 6.54 Å². The molecule has 0 bridgehead atoms. The lowest BCUT2D eigenvalue weighted by Crippen LogP contribution is -2.49. The summed E-state index contributed by atoms with van der Waals surface area (Å²) in [6.45, 7) is 4.70. The minimum atomic E-state index is -0.492. The predicted octanol–water partition coefficient (Wildman–Crippen LogP) is 0.727. The summed E-state index contributed by atoms with van der Waals surface area (Å²) in [7, 11) is 0. The van der Waals surface area contributed by atoms with Crippen molar-refractivity contribution in [2.45, 2.75) is 12.3 Å². The molecule has 0 N–H and O–H groups in total. The van der Waals surface area contributed by atoms with Crippen LogP contribution in [0.3, 0.4) is 0 Å². The van der Waals surface area contributed by atoms with Crippen LogP contribution in [0.15, 0.2) is 0 Å². The summed E-state index contributed by atoms with van der Waals surface area (Å²) >= 11 is 5.70. The number of rotatable bonds is 3. The molecule has 1 unspecified atom stereocenters. The number of hydrogen-bond donors (Lipinski definition) is 0. The van der Waals surface area contributed by atoms with Crippen molar-refractivity contribution in [2.24, 2.45) is 0 Å². The zero-order valence-electron chi connectivity index (χ0n) is 8.38. The number of carbonyl (C=O) groups is 1. The van der Waals surface area contributed by atoms with Gasteiger partial charge >= 0.3 is 0 Å². The molecule has 1 aliphatic heterocycles. The minimum Gasteiger partial charge on any atom is -0.340 e. The van der Waals surface area contributed by atoms with Gasteiger partial charge in [-0.05, 0) is 0 Å². The zero-order valence-corrected chi connectivity index (χ0v) is 9.13. The van der Waals surface area contributed by atoms with Crippen LogP contribution >= 0.6 is 11.6 Å². The Morgan fingerprint density at radius 1 is 1.43 bits per heavy atom. The second-order valence-corrected chi connectivity index (χ2v) is 4.18. The summed E-state index contributed by atoms with van der Waals surface area (Å²) in [5, 5.41) is -0.418. The van der Waals surface area contributed by atoms with Crippen LogP contribution in [0.1, 0.15) is 6.92 Å². The highest BCUT2D eigenvalue weighted by atomic mass is 35.5. The van der Waals surface area contributed by atoms with Gasteiger partial charge < -0.3 is 4.90 Å². The maximum atomic E-state index is 12.1. The molecule has 82 valence electrons. The van der Waals surface area contributed by atoms with Crippen LogP contribution in [-0.2, 0) is 4.79 Å². The molecule has 0 aromatic rings. The second kappa shape index (κ2) is 5.51. The lowest BCUT2D eigenvalue weighted by Gasteiger charge is -2.34. The van der Waals surface area contributed by atoms with E-state index in [1.54, 1.807) is 11.8 Å². The van der Waals surface area contributed by atoms with Crippen molar-refractivity contribution in [2.75, 3.05) is 39.4 Å². The first kappa shape index (κ1) is 11.7. The molecule has 14 heavy (non-hydrogen) atoms. The highest BCUT2D eigenvalue weighted by Gasteiger charge is 2.20. The summed E-state index contributed by atoms with van der Waals surface area (Å²) in [5.74, 6) is 0.109. The van der Waals surface area contributed by atoms with E-state index in [4.69, 9.17) is 11.6 Å². The first-order valence-corrected chi connectivity index (χ1v) is 5.25. The van der Waals surface area contributed by atoms with Crippen molar-refractivity contribution in [3.05, 3.63) is 0 Å². The van der Waals surface area contributed by atoms with Crippen molar-refractivity contribution < 1.29 is 9.18 Å². The van der Waals surface area contributed by atoms with Crippen molar-refractivity contribution in [3.63, 3.8) is 0 Å². The van der Waals surface area contributed by atoms with Gasteiger partial charge in [-0.3, -0.25) is 9.69 Å². The fourth-order valence-electron chi connectivity index (χ4n) is 1.57. The maximum absolute atomic E-state index is 12.1. The van der Waals surface area contributed by atoms with Gasteiger partial charge in [0.2, 0.25) is 5.91 Å². The highest BCUT2D eigenvalue weighted by molar-refractivity contribution is 6.20. The third kappa shape index (κ3) is 3.42. The molecule has 0 aromatic heterocycles. The molecular formula is C9H16ClFN2O. The Balaban J connectivity index is 2.25. The Labute approximate surface area is 88.8 Å². The Kier molecular flexibility index (Phi) is 4.62. The molecule has 0 saturated carbocycles. The molecule has 0 spiro atoms. The molecule has 0 aromatic carbocycles. The molecule has 1 saturated heterocycles. The Bertz CT molecular complexity index is 195. The summed E-state index contributed by atoms with van der Waals surface area (Å²) in [6.07, 6.45) is 0. The molecule has 0 radical (unpaired) electrons. The predicted molar refractivity (Wildman–Crippen MR) is 54.3 cm³/mol. The molecule has 1 rings (SSSR count). The van der Waals surface area contributed by atoms with Crippen LogP contribution < -0.4 is 0 Å². The number of halogens is 2. The largest absolute Gasteiger partial charge is 0.340 e. The van der Waals surface area contributed by atoms with Crippen LogP contribution in [-0.4, -0.2) is 60.5 Å². The molecular weight excluding hydrogens is 207 g/mol. The van der Waals surface area contributed by atoms with Gasteiger partial charge in [0.15, 0.2) is 0 Å². The van der Waals surface area contributed by atoms with Gasteiger partial charge in [-0.15, -0.1) is 11.6 Å². The second-order valence-electron chi connectivity index (χ2n) is 3.56. The molecule has 1 aliphatic rings. The van der Waals surface area contributed by atoms with Gasteiger partial charge in [0.25, 0.3) is 0 Å². The Hall–Kier alpha value is -0.350. The Morgan fingerprint density at radius 2 is 2.00 bits per heavy atom. The zero-order chi connectivity index (χ0) is 10.6. The van der Waals surface area contributed by atoms with E-state index in [-0.39, 0.29) is 5.91 Å². The van der Waals surface area contributed by atoms with Gasteiger partial charge in [-0.2, -0.15) is 0 Å². The van der Waals surface area contributed by atoms with E-state index >= 15 is 0 Å². The van der Waals surface area contributed by atoms with Gasteiger partial charge in [0.05, 0.1) is 5.38 Å². The molecule has 0 aliphatic carbocycles. The molecule has 1 heterocycles. The topological polar surface area (TPSA) is 23.6 Å². The lowest BCUT2D eigenvalue weighted by atomic mass is 10.3. The van der Waals surface area contributed by atoms with E-state index in [0.717, 1.165) is 26.2 Å². The van der Waals surface area contributed by atoms with Crippen molar-refractivity contribution in [3.8, 4) is 0 Å². The number of piperazine rings is 1. The quantitative estimate of drug-likeness (QED) is 0.658. The SMILES string of the molecule is CC(=O)N1CCN(CC(Cl)CF)CC1. The highest BCUT2D eigenvalue weighted by Crippen LogP contribution is 2.06. The van der Waals surface area contributed by atoms with Gasteiger partial charge in [-0.1, -0.05) is 0 Å². The van der Waals surface area contributed by atoms with E-state index in [1.165, 1.54) is 0 Å². The monoisotopic (exact) mass is 222 g/mol. The van der Waals surface area contributed by atoms with Gasteiger partial charge in [-0.25, -0.2) is 4.39 Å². The first-order chi connectivity index (χ1) is 6.63. The van der Waals surface area contributed by atoms with Crippen LogP contribution in [0, 0.1) is 0 Å². The van der Waals surface area contributed by atoms with Crippen LogP contribution in [0.25, 0.3) is 0 Å². The number of nitrogens with zero attached hydrogens (tertiary/aromatic N) is 2. The summed E-state index contributed by atoms with van der Waals surface area (Å²) in [5.41, 5.74) is 0. The normalized spacial score (nSPS) is 20.9. The van der Waals surface area contributed by atoms with Crippen LogP contribution in [0.4, 0.5) is 4.39 Å². The van der Waals surface area contributed by atoms with Crippen LogP contribution in [0.2, 0.25) is 0 Å².